The molecule has 0 fully saturated rings. The van der Waals surface area contributed by atoms with E-state index in [0.29, 0.717) is 58.7 Å². The first-order valence-corrected chi connectivity index (χ1v) is 15.6. The van der Waals surface area contributed by atoms with Gasteiger partial charge in [-0.15, -0.1) is 0 Å². The molecule has 1 aliphatic carbocycles. The minimum absolute atomic E-state index is 0.0583. The minimum atomic E-state index is -1.18. The van der Waals surface area contributed by atoms with Crippen molar-refractivity contribution < 1.29 is 49.6 Å². The zero-order valence-corrected chi connectivity index (χ0v) is 25.8. The standard InChI is InChI=1S/C36H37NO10/c1-44-28-11-20(12-29(35(28)42)45-9-3-8-38)23-17-47-27-13-24-30-22(31(27)34(23)41)7-6-21-26(14-25(40)33(32(21)30)36(43)37-24)46-16-19-5-2-4-18(10-19)15-39/h2,4-5,10-14,23,34,36-43H,3,6-9,15-17H2,1H3. The quantitative estimate of drug-likeness (QED) is 0.123. The molecule has 4 aromatic rings. The number of aromatic hydroxyl groups is 2. The maximum absolute atomic E-state index is 12.0. The van der Waals surface area contributed by atoms with Crippen LogP contribution < -0.4 is 24.3 Å². The fourth-order valence-electron chi connectivity index (χ4n) is 7.00. The van der Waals surface area contributed by atoms with Crippen LogP contribution in [0, 0.1) is 0 Å². The van der Waals surface area contributed by atoms with Crippen molar-refractivity contribution in [2.45, 2.75) is 50.7 Å². The molecule has 47 heavy (non-hydrogen) atoms. The highest BCUT2D eigenvalue weighted by atomic mass is 16.5. The highest BCUT2D eigenvalue weighted by Crippen LogP contribution is 2.57. The Balaban J connectivity index is 1.29. The Labute approximate surface area is 271 Å². The number of hydrogen-bond acceptors (Lipinski definition) is 11. The van der Waals surface area contributed by atoms with Crippen molar-refractivity contribution in [3.05, 3.63) is 87.5 Å². The average Bonchev–Trinajstić information content (AvgIpc) is 3.07. The number of fused-ring (bicyclic) bond motifs is 2. The fraction of sp³-hybridized carbons (Fsp3) is 0.333. The van der Waals surface area contributed by atoms with Crippen LogP contribution in [0.2, 0.25) is 0 Å². The van der Waals surface area contributed by atoms with Crippen molar-refractivity contribution in [1.82, 2.24) is 0 Å². The van der Waals surface area contributed by atoms with Crippen LogP contribution in [0.5, 0.6) is 34.5 Å². The van der Waals surface area contributed by atoms with Crippen LogP contribution in [-0.2, 0) is 26.1 Å². The SMILES string of the molecule is COc1cc(C2COc3cc4c5c(c3C2O)CCc2c(OCc3cccc(CO)c3)cc(O)c(c2-5)C(O)N4)cc(OCCCO)c1O. The van der Waals surface area contributed by atoms with Crippen LogP contribution in [0.1, 0.15) is 63.6 Å². The van der Waals surface area contributed by atoms with Crippen molar-refractivity contribution >= 4 is 5.69 Å². The van der Waals surface area contributed by atoms with Crippen LogP contribution in [0.4, 0.5) is 5.69 Å². The molecule has 11 heteroatoms. The number of aliphatic hydroxyl groups excluding tert-OH is 4. The molecule has 2 heterocycles. The molecule has 11 nitrogen and oxygen atoms in total. The largest absolute Gasteiger partial charge is 0.507 e. The summed E-state index contributed by atoms with van der Waals surface area (Å²) in [4.78, 5) is 0. The predicted octanol–water partition coefficient (Wildman–Crippen LogP) is 4.33. The van der Waals surface area contributed by atoms with E-state index >= 15 is 0 Å². The number of aliphatic hydroxyl groups is 4. The molecule has 7 N–H and O–H groups in total. The van der Waals surface area contributed by atoms with Gasteiger partial charge in [0.25, 0.3) is 0 Å². The van der Waals surface area contributed by atoms with Gasteiger partial charge in [0.05, 0.1) is 38.6 Å². The Morgan fingerprint density at radius 3 is 2.45 bits per heavy atom. The number of rotatable bonds is 10. The first-order valence-electron chi connectivity index (χ1n) is 15.6. The van der Waals surface area contributed by atoms with Crippen LogP contribution >= 0.6 is 0 Å². The van der Waals surface area contributed by atoms with Gasteiger partial charge < -0.3 is 54.9 Å². The van der Waals surface area contributed by atoms with E-state index in [1.54, 1.807) is 18.2 Å². The number of phenols is 2. The Kier molecular flexibility index (Phi) is 8.23. The molecular weight excluding hydrogens is 606 g/mol. The maximum atomic E-state index is 12.0. The molecule has 246 valence electrons. The number of hydrogen-bond donors (Lipinski definition) is 7. The Morgan fingerprint density at radius 1 is 0.872 bits per heavy atom. The Morgan fingerprint density at radius 2 is 1.66 bits per heavy atom. The van der Waals surface area contributed by atoms with Crippen molar-refractivity contribution in [1.29, 1.82) is 0 Å². The molecule has 3 aliphatic rings. The number of ether oxygens (including phenoxy) is 4. The van der Waals surface area contributed by atoms with E-state index in [-0.39, 0.29) is 56.0 Å². The normalized spacial score (nSPS) is 18.8. The summed E-state index contributed by atoms with van der Waals surface area (Å²) in [6, 6.07) is 14.1. The first-order chi connectivity index (χ1) is 22.8. The third-order valence-electron chi connectivity index (χ3n) is 9.22. The zero-order chi connectivity index (χ0) is 32.8. The summed E-state index contributed by atoms with van der Waals surface area (Å²) in [5.41, 5.74) is 7.02. The molecule has 7 rings (SSSR count). The average molecular weight is 644 g/mol. The van der Waals surface area contributed by atoms with Gasteiger partial charge in [-0.2, -0.15) is 0 Å². The van der Waals surface area contributed by atoms with Crippen molar-refractivity contribution in [2.75, 3.05) is 32.2 Å². The summed E-state index contributed by atoms with van der Waals surface area (Å²) < 4.78 is 23.6. The van der Waals surface area contributed by atoms with Gasteiger partial charge in [-0.05, 0) is 47.2 Å². The van der Waals surface area contributed by atoms with Gasteiger partial charge in [-0.3, -0.25) is 0 Å². The van der Waals surface area contributed by atoms with E-state index in [9.17, 15) is 30.6 Å². The molecule has 0 saturated heterocycles. The van der Waals surface area contributed by atoms with Gasteiger partial charge >= 0.3 is 0 Å². The summed E-state index contributed by atoms with van der Waals surface area (Å²) in [6.07, 6.45) is -0.725. The third kappa shape index (κ3) is 5.35. The number of nitrogens with one attached hydrogen (secondary N) is 1. The molecule has 2 aliphatic heterocycles. The first kappa shape index (κ1) is 30.9. The second kappa shape index (κ2) is 12.5. The second-order valence-corrected chi connectivity index (χ2v) is 12.0. The number of benzene rings is 4. The lowest BCUT2D eigenvalue weighted by molar-refractivity contribution is 0.0877. The summed E-state index contributed by atoms with van der Waals surface area (Å²) in [6.45, 7) is 0.408. The lowest BCUT2D eigenvalue weighted by Crippen LogP contribution is -2.29. The fourth-order valence-corrected chi connectivity index (χ4v) is 7.00. The number of phenolic OH excluding ortho intramolecular Hbond substituents is 2. The van der Waals surface area contributed by atoms with E-state index < -0.39 is 18.2 Å². The molecular formula is C36H37NO10. The summed E-state index contributed by atoms with van der Waals surface area (Å²) in [7, 11) is 1.44. The molecule has 3 unspecified atom stereocenters. The summed E-state index contributed by atoms with van der Waals surface area (Å²) >= 11 is 0. The predicted molar refractivity (Wildman–Crippen MR) is 171 cm³/mol. The van der Waals surface area contributed by atoms with Gasteiger partial charge in [-0.1, -0.05) is 24.3 Å². The maximum Gasteiger partial charge on any atom is 0.200 e. The molecule has 0 aromatic heterocycles. The smallest absolute Gasteiger partial charge is 0.200 e. The van der Waals surface area contributed by atoms with Crippen molar-refractivity contribution in [3.8, 4) is 45.6 Å². The monoisotopic (exact) mass is 643 g/mol. The van der Waals surface area contributed by atoms with E-state index in [1.807, 2.05) is 24.3 Å². The molecule has 0 saturated carbocycles. The van der Waals surface area contributed by atoms with Gasteiger partial charge in [0.15, 0.2) is 17.7 Å². The Bertz CT molecular complexity index is 1840. The van der Waals surface area contributed by atoms with E-state index in [0.717, 1.165) is 27.8 Å². The molecule has 0 spiro atoms. The van der Waals surface area contributed by atoms with E-state index in [1.165, 1.54) is 13.2 Å². The van der Waals surface area contributed by atoms with Crippen LogP contribution in [0.3, 0.4) is 0 Å². The number of anilines is 1. The molecule has 0 amide bonds. The highest BCUT2D eigenvalue weighted by molar-refractivity contribution is 5.93. The van der Waals surface area contributed by atoms with Gasteiger partial charge in [0.2, 0.25) is 5.75 Å². The molecule has 4 aromatic carbocycles. The molecule has 0 radical (unpaired) electrons. The summed E-state index contributed by atoms with van der Waals surface area (Å²) in [5.74, 6) is 0.552. The van der Waals surface area contributed by atoms with Crippen LogP contribution in [0.25, 0.3) is 11.1 Å². The van der Waals surface area contributed by atoms with Crippen LogP contribution in [-0.4, -0.2) is 57.6 Å². The van der Waals surface area contributed by atoms with Crippen LogP contribution in [0.15, 0.2) is 48.5 Å². The Hall–Kier alpha value is -4.68. The molecule has 0 bridgehead atoms. The van der Waals surface area contributed by atoms with Gasteiger partial charge in [-0.25, -0.2) is 0 Å². The zero-order valence-electron chi connectivity index (χ0n) is 25.8. The minimum Gasteiger partial charge on any atom is -0.507 e. The van der Waals surface area contributed by atoms with Gasteiger partial charge in [0.1, 0.15) is 23.9 Å². The topological polar surface area (TPSA) is 170 Å². The highest BCUT2D eigenvalue weighted by Gasteiger charge is 2.41. The van der Waals surface area contributed by atoms with E-state index in [4.69, 9.17) is 18.9 Å². The summed E-state index contributed by atoms with van der Waals surface area (Å²) in [5, 5.41) is 66.8. The van der Waals surface area contributed by atoms with Crippen molar-refractivity contribution in [2.24, 2.45) is 0 Å². The van der Waals surface area contributed by atoms with Gasteiger partial charge in [0, 0.05) is 59.0 Å². The van der Waals surface area contributed by atoms with E-state index in [2.05, 4.69) is 5.32 Å². The third-order valence-corrected chi connectivity index (χ3v) is 9.22. The second-order valence-electron chi connectivity index (χ2n) is 12.0. The lowest BCUT2D eigenvalue weighted by Gasteiger charge is -2.39. The lowest BCUT2D eigenvalue weighted by atomic mass is 9.74. The number of methoxy groups -OCH3 is 1. The van der Waals surface area contributed by atoms with Crippen molar-refractivity contribution in [3.63, 3.8) is 0 Å². The molecule has 3 atom stereocenters.